The summed E-state index contributed by atoms with van der Waals surface area (Å²) in [7, 11) is 1.61. The van der Waals surface area contributed by atoms with Crippen molar-refractivity contribution in [1.29, 1.82) is 0 Å². The lowest BCUT2D eigenvalue weighted by atomic mass is 9.95. The molecule has 0 spiro atoms. The minimum atomic E-state index is -0.682. The average Bonchev–Trinajstić information content (AvgIpc) is 3.41. The molecular formula is C30H31N3O4S. The average molecular weight is 530 g/mol. The summed E-state index contributed by atoms with van der Waals surface area (Å²) in [5.41, 5.74) is 4.50. The number of rotatable bonds is 6. The summed E-state index contributed by atoms with van der Waals surface area (Å²) in [5, 5.41) is 1.08. The predicted octanol–water partition coefficient (Wildman–Crippen LogP) is 4.65. The Hall–Kier alpha value is -3.91. The molecule has 0 fully saturated rings. The minimum absolute atomic E-state index is 0.200. The van der Waals surface area contributed by atoms with Gasteiger partial charge in [-0.3, -0.25) is 9.36 Å². The fraction of sp³-hybridized carbons (Fsp3) is 0.300. The van der Waals surface area contributed by atoms with Crippen LogP contribution >= 0.6 is 11.3 Å². The Bertz CT molecular complexity index is 1770. The molecule has 0 saturated carbocycles. The number of nitrogens with zero attached hydrogens (tertiary/aromatic N) is 3. The molecule has 0 saturated heterocycles. The van der Waals surface area contributed by atoms with Crippen molar-refractivity contribution in [1.82, 2.24) is 9.13 Å². The quantitative estimate of drug-likeness (QED) is 0.341. The number of ether oxygens (including phenoxy) is 2. The molecule has 0 aliphatic carbocycles. The Balaban J connectivity index is 1.76. The van der Waals surface area contributed by atoms with Crippen LogP contribution in [0.15, 0.2) is 69.7 Å². The highest BCUT2D eigenvalue weighted by atomic mass is 32.1. The number of thiazole rings is 1. The van der Waals surface area contributed by atoms with E-state index in [-0.39, 0.29) is 18.2 Å². The van der Waals surface area contributed by atoms with Crippen LogP contribution in [0.1, 0.15) is 56.5 Å². The number of benzene rings is 2. The monoisotopic (exact) mass is 529 g/mol. The van der Waals surface area contributed by atoms with Gasteiger partial charge in [-0.15, -0.1) is 0 Å². The van der Waals surface area contributed by atoms with Crippen molar-refractivity contribution in [3.8, 4) is 5.75 Å². The van der Waals surface area contributed by atoms with Crippen molar-refractivity contribution < 1.29 is 14.3 Å². The zero-order chi connectivity index (χ0) is 27.1. The molecule has 4 aromatic rings. The topological polar surface area (TPSA) is 74.8 Å². The number of aromatic nitrogens is 2. The number of hydrogen-bond donors (Lipinski definition) is 0. The van der Waals surface area contributed by atoms with Crippen LogP contribution in [-0.4, -0.2) is 28.8 Å². The maximum Gasteiger partial charge on any atom is 0.338 e. The number of allylic oxidation sites excluding steroid dienone is 1. The Morgan fingerprint density at radius 1 is 1.18 bits per heavy atom. The highest BCUT2D eigenvalue weighted by molar-refractivity contribution is 7.07. The standard InChI is InChI=1S/C30H31N3O4S/c1-7-37-29(35)26-19(5)31-30-33(27(26)20-13-12-18(4)24(14-20)36-6)28(34)25(38-30)15-21-16-32(17(2)3)23-11-9-8-10-22(21)23/h8-17,27H,7H2,1-6H3/b25-15+/t27-/m0/s1. The van der Waals surface area contributed by atoms with Crippen LogP contribution in [0.2, 0.25) is 0 Å². The zero-order valence-corrected chi connectivity index (χ0v) is 23.3. The van der Waals surface area contributed by atoms with E-state index in [0.717, 1.165) is 27.6 Å². The lowest BCUT2D eigenvalue weighted by molar-refractivity contribution is -0.139. The van der Waals surface area contributed by atoms with Crippen LogP contribution in [0, 0.1) is 6.92 Å². The van der Waals surface area contributed by atoms with Gasteiger partial charge in [0, 0.05) is 28.7 Å². The van der Waals surface area contributed by atoms with E-state index >= 15 is 0 Å². The second kappa shape index (κ2) is 10.1. The van der Waals surface area contributed by atoms with Crippen molar-refractivity contribution in [2.45, 2.75) is 46.7 Å². The van der Waals surface area contributed by atoms with Gasteiger partial charge in [0.1, 0.15) is 5.75 Å². The molecule has 2 aromatic carbocycles. The first kappa shape index (κ1) is 25.7. The molecular weight excluding hydrogens is 498 g/mol. The van der Waals surface area contributed by atoms with Crippen LogP contribution in [0.4, 0.5) is 0 Å². The van der Waals surface area contributed by atoms with Crippen LogP contribution in [-0.2, 0) is 9.53 Å². The smallest absolute Gasteiger partial charge is 0.338 e. The van der Waals surface area contributed by atoms with E-state index < -0.39 is 12.0 Å². The molecule has 1 atom stereocenters. The van der Waals surface area contributed by atoms with Crippen molar-refractivity contribution in [2.24, 2.45) is 4.99 Å². The first-order valence-corrected chi connectivity index (χ1v) is 13.5. The van der Waals surface area contributed by atoms with Gasteiger partial charge in [-0.2, -0.15) is 0 Å². The summed E-state index contributed by atoms with van der Waals surface area (Å²) in [5.74, 6) is 0.205. The molecule has 2 aromatic heterocycles. The molecule has 7 nitrogen and oxygen atoms in total. The molecule has 0 radical (unpaired) electrons. The van der Waals surface area contributed by atoms with Crippen LogP contribution < -0.4 is 19.6 Å². The third-order valence-corrected chi connectivity index (χ3v) is 7.86. The molecule has 0 N–H and O–H groups in total. The largest absolute Gasteiger partial charge is 0.496 e. The van der Waals surface area contributed by atoms with Gasteiger partial charge in [-0.1, -0.05) is 41.7 Å². The Kier molecular flexibility index (Phi) is 6.84. The Morgan fingerprint density at radius 3 is 2.66 bits per heavy atom. The van der Waals surface area contributed by atoms with Crippen LogP contribution in [0.25, 0.3) is 17.0 Å². The summed E-state index contributed by atoms with van der Waals surface area (Å²) in [4.78, 5) is 32.4. The van der Waals surface area contributed by atoms with Crippen LogP contribution in [0.3, 0.4) is 0 Å². The highest BCUT2D eigenvalue weighted by Crippen LogP contribution is 2.33. The van der Waals surface area contributed by atoms with Crippen molar-refractivity contribution >= 4 is 34.3 Å². The van der Waals surface area contributed by atoms with E-state index in [2.05, 4.69) is 41.7 Å². The van der Waals surface area contributed by atoms with E-state index in [1.807, 2.05) is 43.3 Å². The molecule has 0 bridgehead atoms. The fourth-order valence-electron chi connectivity index (χ4n) is 5.03. The number of carbonyl (C=O) groups is 1. The van der Waals surface area contributed by atoms with E-state index in [0.29, 0.717) is 26.4 Å². The number of esters is 1. The molecule has 196 valence electrons. The molecule has 38 heavy (non-hydrogen) atoms. The number of hydrogen-bond acceptors (Lipinski definition) is 6. The van der Waals surface area contributed by atoms with E-state index in [4.69, 9.17) is 9.47 Å². The second-order valence-corrected chi connectivity index (χ2v) is 10.6. The lowest BCUT2D eigenvalue weighted by Gasteiger charge is -2.25. The highest BCUT2D eigenvalue weighted by Gasteiger charge is 2.33. The second-order valence-electron chi connectivity index (χ2n) is 9.63. The van der Waals surface area contributed by atoms with Gasteiger partial charge in [0.05, 0.1) is 35.6 Å². The summed E-state index contributed by atoms with van der Waals surface area (Å²) in [6.45, 7) is 10.0. The van der Waals surface area contributed by atoms with E-state index in [1.165, 1.54) is 11.3 Å². The zero-order valence-electron chi connectivity index (χ0n) is 22.4. The third-order valence-electron chi connectivity index (χ3n) is 6.88. The Morgan fingerprint density at radius 2 is 1.95 bits per heavy atom. The first-order valence-electron chi connectivity index (χ1n) is 12.7. The van der Waals surface area contributed by atoms with Crippen molar-refractivity contribution in [2.75, 3.05) is 13.7 Å². The van der Waals surface area contributed by atoms with Crippen molar-refractivity contribution in [3.05, 3.63) is 96.3 Å². The number of carbonyl (C=O) groups excluding carboxylic acids is 1. The maximum atomic E-state index is 14.0. The predicted molar refractivity (Wildman–Crippen MR) is 150 cm³/mol. The lowest BCUT2D eigenvalue weighted by Crippen LogP contribution is -2.40. The van der Waals surface area contributed by atoms with Crippen LogP contribution in [0.5, 0.6) is 5.75 Å². The number of fused-ring (bicyclic) bond motifs is 2. The third kappa shape index (κ3) is 4.28. The van der Waals surface area contributed by atoms with Gasteiger partial charge in [-0.05, 0) is 64.0 Å². The molecule has 0 unspecified atom stereocenters. The number of aryl methyl sites for hydroxylation is 1. The number of methoxy groups -OCH3 is 1. The molecule has 3 heterocycles. The van der Waals surface area contributed by atoms with Gasteiger partial charge in [0.25, 0.3) is 5.56 Å². The first-order chi connectivity index (χ1) is 18.2. The fourth-order valence-corrected chi connectivity index (χ4v) is 6.07. The summed E-state index contributed by atoms with van der Waals surface area (Å²) in [6.07, 6.45) is 4.02. The minimum Gasteiger partial charge on any atom is -0.496 e. The summed E-state index contributed by atoms with van der Waals surface area (Å²) < 4.78 is 15.3. The molecule has 8 heteroatoms. The van der Waals surface area contributed by atoms with Crippen molar-refractivity contribution in [3.63, 3.8) is 0 Å². The Labute approximate surface area is 225 Å². The molecule has 1 aliphatic rings. The van der Waals surface area contributed by atoms with Gasteiger partial charge in [0.2, 0.25) is 0 Å². The van der Waals surface area contributed by atoms with E-state index in [1.54, 1.807) is 25.5 Å². The van der Waals surface area contributed by atoms with Gasteiger partial charge in [-0.25, -0.2) is 9.79 Å². The van der Waals surface area contributed by atoms with E-state index in [9.17, 15) is 9.59 Å². The molecule has 1 aliphatic heterocycles. The molecule has 0 amide bonds. The number of para-hydroxylation sites is 1. The van der Waals surface area contributed by atoms with Gasteiger partial charge < -0.3 is 14.0 Å². The normalized spacial score (nSPS) is 15.7. The summed E-state index contributed by atoms with van der Waals surface area (Å²) in [6, 6.07) is 13.5. The SMILES string of the molecule is CCOC(=O)C1=C(C)N=c2s/c(=C/c3cn(C(C)C)c4ccccc34)c(=O)n2[C@H]1c1ccc(C)c(OC)c1. The molecule has 5 rings (SSSR count). The summed E-state index contributed by atoms with van der Waals surface area (Å²) >= 11 is 1.33. The maximum absolute atomic E-state index is 14.0. The van der Waals surface area contributed by atoms with Gasteiger partial charge in [0.15, 0.2) is 4.80 Å². The van der Waals surface area contributed by atoms with Gasteiger partial charge >= 0.3 is 5.97 Å².